The van der Waals surface area contributed by atoms with Gasteiger partial charge in [0.15, 0.2) is 0 Å². The molecule has 0 aliphatic rings. The van der Waals surface area contributed by atoms with Crippen LogP contribution < -0.4 is 11.1 Å². The van der Waals surface area contributed by atoms with E-state index in [0.717, 1.165) is 12.8 Å². The summed E-state index contributed by atoms with van der Waals surface area (Å²) in [5.41, 5.74) is 3.85. The van der Waals surface area contributed by atoms with Gasteiger partial charge in [-0.25, -0.2) is 0 Å². The molecule has 0 aliphatic carbocycles. The summed E-state index contributed by atoms with van der Waals surface area (Å²) < 4.78 is 16.6. The Morgan fingerprint density at radius 2 is 1.68 bits per heavy atom. The van der Waals surface area contributed by atoms with E-state index in [-0.39, 0.29) is 18.2 Å². The van der Waals surface area contributed by atoms with E-state index in [1.165, 1.54) is 0 Å². The summed E-state index contributed by atoms with van der Waals surface area (Å²) in [6, 6.07) is 0.530. The maximum atomic E-state index is 9.66. The van der Waals surface area contributed by atoms with Crippen molar-refractivity contribution in [3.05, 3.63) is 0 Å². The predicted octanol–water partition coefficient (Wildman–Crippen LogP) is 0.194. The number of hydrogen-bond donors (Lipinski definition) is 3. The van der Waals surface area contributed by atoms with E-state index >= 15 is 0 Å². The van der Waals surface area contributed by atoms with Gasteiger partial charge in [-0.15, -0.1) is 0 Å². The van der Waals surface area contributed by atoms with Crippen LogP contribution in [0.4, 0.5) is 0 Å². The van der Waals surface area contributed by atoms with E-state index in [1.54, 1.807) is 0 Å². The summed E-state index contributed by atoms with van der Waals surface area (Å²) in [6.07, 6.45) is 1.62. The second-order valence-electron chi connectivity index (χ2n) is 6.15. The highest BCUT2D eigenvalue weighted by molar-refractivity contribution is 4.65. The van der Waals surface area contributed by atoms with Crippen molar-refractivity contribution >= 4 is 0 Å². The van der Waals surface area contributed by atoms with Crippen molar-refractivity contribution in [3.63, 3.8) is 0 Å². The highest BCUT2D eigenvalue weighted by Gasteiger charge is 2.09. The largest absolute Gasteiger partial charge is 0.392 e. The van der Waals surface area contributed by atoms with Crippen LogP contribution in [0.15, 0.2) is 0 Å². The van der Waals surface area contributed by atoms with Crippen LogP contribution >= 0.6 is 0 Å². The number of rotatable bonds is 15. The number of hydrogen-bond acceptors (Lipinski definition) is 5. The van der Waals surface area contributed by atoms with Crippen molar-refractivity contribution < 1.29 is 25.1 Å². The molecule has 5 N–H and O–H groups in total. The summed E-state index contributed by atoms with van der Waals surface area (Å²) in [7, 11) is 0. The van der Waals surface area contributed by atoms with Crippen molar-refractivity contribution in [1.29, 1.82) is 0 Å². The molecule has 0 saturated heterocycles. The molecule has 0 rings (SSSR count). The van der Waals surface area contributed by atoms with Gasteiger partial charge in [0.25, 0.3) is 0 Å². The Labute approximate surface area is 135 Å². The van der Waals surface area contributed by atoms with E-state index in [2.05, 4.69) is 24.9 Å². The fourth-order valence-electron chi connectivity index (χ4n) is 1.84. The lowest BCUT2D eigenvalue weighted by molar-refractivity contribution is -0.421. The van der Waals surface area contributed by atoms with Gasteiger partial charge in [0.05, 0.1) is 45.2 Å². The minimum Gasteiger partial charge on any atom is -0.392 e. The number of aliphatic hydroxyl groups excluding tert-OH is 1. The Hall–Kier alpha value is -0.240. The maximum Gasteiger partial charge on any atom is 0.105 e. The summed E-state index contributed by atoms with van der Waals surface area (Å²) in [5, 5.41) is 12.9. The lowest BCUT2D eigenvalue weighted by Crippen LogP contribution is -2.61. The first-order valence-electron chi connectivity index (χ1n) is 8.47. The molecule has 0 aliphatic heterocycles. The van der Waals surface area contributed by atoms with Gasteiger partial charge in [-0.2, -0.15) is 0 Å². The van der Waals surface area contributed by atoms with Crippen LogP contribution in [0.3, 0.4) is 0 Å². The minimum atomic E-state index is -0.269. The molecule has 0 aromatic carbocycles. The van der Waals surface area contributed by atoms with E-state index in [4.69, 9.17) is 14.2 Å². The van der Waals surface area contributed by atoms with Crippen LogP contribution in [0.2, 0.25) is 0 Å². The second-order valence-corrected chi connectivity index (χ2v) is 6.15. The highest BCUT2D eigenvalue weighted by Crippen LogP contribution is 1.97. The van der Waals surface area contributed by atoms with Gasteiger partial charge in [-0.1, -0.05) is 13.3 Å². The fourth-order valence-corrected chi connectivity index (χ4v) is 1.84. The van der Waals surface area contributed by atoms with Crippen LogP contribution in [0.25, 0.3) is 0 Å². The van der Waals surface area contributed by atoms with Crippen molar-refractivity contribution in [2.24, 2.45) is 0 Å². The molecule has 0 fully saturated rings. The third-order valence-corrected chi connectivity index (χ3v) is 3.08. The smallest absolute Gasteiger partial charge is 0.105 e. The first-order chi connectivity index (χ1) is 10.5. The lowest BCUT2D eigenvalue weighted by Gasteiger charge is -2.19. The Kier molecular flexibility index (Phi) is 14.2. The zero-order chi connectivity index (χ0) is 16.8. The first-order valence-corrected chi connectivity index (χ1v) is 8.47. The van der Waals surface area contributed by atoms with Crippen LogP contribution in [0.1, 0.15) is 40.5 Å². The monoisotopic (exact) mass is 321 g/mol. The quantitative estimate of drug-likeness (QED) is 0.375. The summed E-state index contributed by atoms with van der Waals surface area (Å²) in [6.45, 7) is 11.8. The normalized spacial score (nSPS) is 17.2. The summed E-state index contributed by atoms with van der Waals surface area (Å²) in [5.74, 6) is 0. The van der Waals surface area contributed by atoms with E-state index in [9.17, 15) is 5.11 Å². The molecule has 22 heavy (non-hydrogen) atoms. The molecule has 4 atom stereocenters. The van der Waals surface area contributed by atoms with Gasteiger partial charge in [0.2, 0.25) is 0 Å². The van der Waals surface area contributed by atoms with Gasteiger partial charge in [-0.05, 0) is 27.2 Å². The number of aliphatic hydroxyl groups is 1. The summed E-state index contributed by atoms with van der Waals surface area (Å²) in [4.78, 5) is 0. The molecule has 0 radical (unpaired) electrons. The number of nitrogens with one attached hydrogen (secondary N) is 1. The molecule has 0 bridgehead atoms. The predicted molar refractivity (Wildman–Crippen MR) is 87.8 cm³/mol. The lowest BCUT2D eigenvalue weighted by atomic mass is 10.2. The average molecular weight is 321 g/mol. The molecule has 0 aromatic heterocycles. The van der Waals surface area contributed by atoms with E-state index < -0.39 is 0 Å². The van der Waals surface area contributed by atoms with Crippen LogP contribution in [-0.2, 0) is 14.2 Å². The Bertz CT molecular complexity index is 242. The summed E-state index contributed by atoms with van der Waals surface area (Å²) >= 11 is 0. The molecule has 4 unspecified atom stereocenters. The topological polar surface area (TPSA) is 87.6 Å². The molecule has 134 valence electrons. The third-order valence-electron chi connectivity index (χ3n) is 3.08. The van der Waals surface area contributed by atoms with Crippen molar-refractivity contribution in [1.82, 2.24) is 5.32 Å². The van der Waals surface area contributed by atoms with E-state index in [0.29, 0.717) is 45.6 Å². The zero-order valence-corrected chi connectivity index (χ0v) is 14.8. The van der Waals surface area contributed by atoms with Gasteiger partial charge < -0.3 is 30.4 Å². The van der Waals surface area contributed by atoms with Crippen molar-refractivity contribution in [2.45, 2.75) is 64.8 Å². The Morgan fingerprint density at radius 1 is 1.05 bits per heavy atom. The molecule has 6 nitrogen and oxygen atoms in total. The van der Waals surface area contributed by atoms with E-state index in [1.807, 2.05) is 13.8 Å². The Balaban J connectivity index is 3.45. The molecular weight excluding hydrogens is 284 g/mol. The molecular formula is C16H37N2O4+. The molecule has 0 saturated carbocycles. The van der Waals surface area contributed by atoms with Crippen molar-refractivity contribution in [2.75, 3.05) is 39.6 Å². The molecule has 0 amide bonds. The van der Waals surface area contributed by atoms with Crippen LogP contribution in [0, 0.1) is 0 Å². The number of quaternary nitrogens is 1. The maximum absolute atomic E-state index is 9.66. The highest BCUT2D eigenvalue weighted by atomic mass is 16.5. The van der Waals surface area contributed by atoms with Crippen LogP contribution in [0.5, 0.6) is 0 Å². The van der Waals surface area contributed by atoms with Gasteiger partial charge in [-0.3, -0.25) is 0 Å². The van der Waals surface area contributed by atoms with Crippen molar-refractivity contribution in [3.8, 4) is 0 Å². The molecule has 0 aromatic rings. The fraction of sp³-hybridized carbons (Fsp3) is 1.00. The minimum absolute atomic E-state index is 0.0524. The zero-order valence-electron chi connectivity index (χ0n) is 14.8. The van der Waals surface area contributed by atoms with Gasteiger partial charge in [0.1, 0.15) is 6.04 Å². The van der Waals surface area contributed by atoms with Crippen LogP contribution in [-0.4, -0.2) is 69.0 Å². The second kappa shape index (κ2) is 14.4. The van der Waals surface area contributed by atoms with Gasteiger partial charge in [0, 0.05) is 12.6 Å². The third kappa shape index (κ3) is 14.7. The first kappa shape index (κ1) is 21.8. The molecule has 0 heterocycles. The molecule has 0 spiro atoms. The SMILES string of the molecule is CCCC(O)CNC(C)COC(C)COCCOCC(C)[NH3+]. The Morgan fingerprint density at radius 3 is 2.27 bits per heavy atom. The molecule has 6 heteroatoms. The average Bonchev–Trinajstić information content (AvgIpc) is 2.46. The number of ether oxygens (including phenoxy) is 3. The van der Waals surface area contributed by atoms with Gasteiger partial charge >= 0.3 is 0 Å². The standard InChI is InChI=1S/C16H36N2O4/c1-5-6-16(19)9-18-14(3)11-22-15(4)12-21-8-7-20-10-13(2)17/h13-16,18-19H,5-12,17H2,1-4H3/p+1.